The molecule has 1 atom stereocenters. The molecule has 1 aliphatic heterocycles. The SMILES string of the molecule is CCOC(=O)N1CCN([C@H](c2ccccc2Cl)c2c(O)cc(C)n(CCOC)c2=O)CC1. The first kappa shape index (κ1) is 24.1. The Morgan fingerprint density at radius 3 is 2.53 bits per heavy atom. The molecule has 9 heteroatoms. The van der Waals surface area contributed by atoms with E-state index in [0.717, 1.165) is 5.56 Å². The highest BCUT2D eigenvalue weighted by molar-refractivity contribution is 6.31. The zero-order valence-corrected chi connectivity index (χ0v) is 19.5. The Morgan fingerprint density at radius 2 is 1.91 bits per heavy atom. The second-order valence-corrected chi connectivity index (χ2v) is 8.09. The fraction of sp³-hybridized carbons (Fsp3) is 0.478. The van der Waals surface area contributed by atoms with Crippen molar-refractivity contribution in [2.24, 2.45) is 0 Å². The van der Waals surface area contributed by atoms with Crippen molar-refractivity contribution in [1.29, 1.82) is 0 Å². The Labute approximate surface area is 192 Å². The van der Waals surface area contributed by atoms with E-state index in [4.69, 9.17) is 21.1 Å². The van der Waals surface area contributed by atoms with E-state index < -0.39 is 6.04 Å². The minimum atomic E-state index is -0.560. The molecule has 0 spiro atoms. The third-order valence-corrected chi connectivity index (χ3v) is 6.06. The first-order valence-electron chi connectivity index (χ1n) is 10.7. The lowest BCUT2D eigenvalue weighted by Crippen LogP contribution is -2.50. The Bertz CT molecular complexity index is 1000. The van der Waals surface area contributed by atoms with Crippen LogP contribution in [0.25, 0.3) is 0 Å². The molecule has 2 heterocycles. The van der Waals surface area contributed by atoms with Gasteiger partial charge in [0.1, 0.15) is 5.75 Å². The van der Waals surface area contributed by atoms with Crippen molar-refractivity contribution in [3.05, 3.63) is 62.5 Å². The molecule has 174 valence electrons. The summed E-state index contributed by atoms with van der Waals surface area (Å²) in [6.45, 7) is 6.52. The second-order valence-electron chi connectivity index (χ2n) is 7.68. The minimum Gasteiger partial charge on any atom is -0.507 e. The van der Waals surface area contributed by atoms with Crippen molar-refractivity contribution >= 4 is 17.7 Å². The Hall–Kier alpha value is -2.55. The van der Waals surface area contributed by atoms with Gasteiger partial charge in [-0.1, -0.05) is 29.8 Å². The minimum absolute atomic E-state index is 0.0705. The highest BCUT2D eigenvalue weighted by Gasteiger charge is 2.33. The predicted octanol–water partition coefficient (Wildman–Crippen LogP) is 3.03. The first-order valence-corrected chi connectivity index (χ1v) is 11.1. The fourth-order valence-electron chi connectivity index (χ4n) is 4.10. The normalized spacial score (nSPS) is 15.6. The van der Waals surface area contributed by atoms with Crippen LogP contribution in [0.1, 0.15) is 29.8 Å². The van der Waals surface area contributed by atoms with Gasteiger partial charge in [0.05, 0.1) is 24.8 Å². The lowest BCUT2D eigenvalue weighted by Gasteiger charge is -2.39. The molecular weight excluding hydrogens is 434 g/mol. The first-order chi connectivity index (χ1) is 15.4. The van der Waals surface area contributed by atoms with E-state index in [9.17, 15) is 14.7 Å². The van der Waals surface area contributed by atoms with E-state index in [1.807, 2.05) is 18.2 Å². The molecule has 8 nitrogen and oxygen atoms in total. The molecule has 3 rings (SSSR count). The number of hydrogen-bond acceptors (Lipinski definition) is 6. The Kier molecular flexibility index (Phi) is 8.17. The molecule has 0 saturated carbocycles. The molecule has 1 saturated heterocycles. The van der Waals surface area contributed by atoms with Gasteiger partial charge in [0.15, 0.2) is 0 Å². The topological polar surface area (TPSA) is 84.2 Å². The van der Waals surface area contributed by atoms with Crippen LogP contribution in [-0.2, 0) is 16.0 Å². The van der Waals surface area contributed by atoms with Gasteiger partial charge in [0.25, 0.3) is 5.56 Å². The van der Waals surface area contributed by atoms with Crippen molar-refractivity contribution in [3.8, 4) is 5.75 Å². The standard InChI is InChI=1S/C23H30ClN3O5/c1-4-32-23(30)26-11-9-25(10-12-26)21(17-7-5-6-8-18(17)24)20-19(28)15-16(2)27(22(20)29)13-14-31-3/h5-8,15,21,28H,4,9-14H2,1-3H3/t21-/m1/s1. The van der Waals surface area contributed by atoms with Crippen molar-refractivity contribution < 1.29 is 19.4 Å². The van der Waals surface area contributed by atoms with E-state index in [1.54, 1.807) is 42.6 Å². The number of pyridine rings is 1. The number of amides is 1. The van der Waals surface area contributed by atoms with Crippen molar-refractivity contribution in [1.82, 2.24) is 14.4 Å². The van der Waals surface area contributed by atoms with Crippen LogP contribution >= 0.6 is 11.6 Å². The molecule has 1 aromatic carbocycles. The number of nitrogens with zero attached hydrogens (tertiary/aromatic N) is 3. The van der Waals surface area contributed by atoms with E-state index in [1.165, 1.54) is 0 Å². The van der Waals surface area contributed by atoms with Gasteiger partial charge in [0.2, 0.25) is 0 Å². The van der Waals surface area contributed by atoms with E-state index in [-0.39, 0.29) is 23.0 Å². The fourth-order valence-corrected chi connectivity index (χ4v) is 4.33. The zero-order chi connectivity index (χ0) is 23.3. The van der Waals surface area contributed by atoms with Gasteiger partial charge in [-0.25, -0.2) is 4.79 Å². The number of halogens is 1. The average molecular weight is 464 g/mol. The number of methoxy groups -OCH3 is 1. The largest absolute Gasteiger partial charge is 0.507 e. The maximum atomic E-state index is 13.5. The molecule has 1 aromatic heterocycles. The van der Waals surface area contributed by atoms with Gasteiger partial charge in [-0.3, -0.25) is 9.69 Å². The molecule has 1 amide bonds. The summed E-state index contributed by atoms with van der Waals surface area (Å²) in [6, 6.07) is 8.36. The van der Waals surface area contributed by atoms with E-state index in [2.05, 4.69) is 4.90 Å². The molecule has 1 aliphatic rings. The van der Waals surface area contributed by atoms with Crippen molar-refractivity contribution in [3.63, 3.8) is 0 Å². The molecule has 0 radical (unpaired) electrons. The van der Waals surface area contributed by atoms with Gasteiger partial charge in [0, 0.05) is 50.6 Å². The van der Waals surface area contributed by atoms with Crippen LogP contribution in [0.15, 0.2) is 35.1 Å². The number of hydrogen-bond donors (Lipinski definition) is 1. The molecule has 32 heavy (non-hydrogen) atoms. The average Bonchev–Trinajstić information content (AvgIpc) is 2.77. The highest BCUT2D eigenvalue weighted by Crippen LogP contribution is 2.36. The number of carbonyl (C=O) groups excluding carboxylic acids is 1. The van der Waals surface area contributed by atoms with Gasteiger partial charge >= 0.3 is 6.09 Å². The molecule has 0 aliphatic carbocycles. The van der Waals surface area contributed by atoms with Crippen LogP contribution in [0.4, 0.5) is 4.79 Å². The molecular formula is C23H30ClN3O5. The number of aromatic nitrogens is 1. The molecule has 0 unspecified atom stereocenters. The molecule has 0 bridgehead atoms. The van der Waals surface area contributed by atoms with Crippen LogP contribution in [0.3, 0.4) is 0 Å². The molecule has 1 fully saturated rings. The van der Waals surface area contributed by atoms with Crippen molar-refractivity contribution in [2.75, 3.05) is 46.5 Å². The van der Waals surface area contributed by atoms with Gasteiger partial charge in [-0.15, -0.1) is 0 Å². The summed E-state index contributed by atoms with van der Waals surface area (Å²) in [5.41, 5.74) is 1.37. The number of rotatable bonds is 7. The number of piperazine rings is 1. The van der Waals surface area contributed by atoms with Crippen LogP contribution < -0.4 is 5.56 Å². The number of ether oxygens (including phenoxy) is 2. The Balaban J connectivity index is 2.04. The third kappa shape index (κ3) is 5.09. The maximum absolute atomic E-state index is 13.5. The van der Waals surface area contributed by atoms with Crippen LogP contribution in [0.2, 0.25) is 5.02 Å². The summed E-state index contributed by atoms with van der Waals surface area (Å²) in [5.74, 6) is -0.0705. The monoisotopic (exact) mass is 463 g/mol. The van der Waals surface area contributed by atoms with Crippen LogP contribution in [0.5, 0.6) is 5.75 Å². The van der Waals surface area contributed by atoms with Crippen LogP contribution in [-0.4, -0.2) is 72.1 Å². The molecule has 1 N–H and O–H groups in total. The number of carbonyl (C=O) groups is 1. The number of benzene rings is 1. The summed E-state index contributed by atoms with van der Waals surface area (Å²) < 4.78 is 11.9. The number of aromatic hydroxyl groups is 1. The summed E-state index contributed by atoms with van der Waals surface area (Å²) in [6.07, 6.45) is -0.346. The lowest BCUT2D eigenvalue weighted by atomic mass is 9.96. The lowest BCUT2D eigenvalue weighted by molar-refractivity contribution is 0.0709. The summed E-state index contributed by atoms with van der Waals surface area (Å²) in [4.78, 5) is 29.4. The van der Waals surface area contributed by atoms with E-state index in [0.29, 0.717) is 56.7 Å². The zero-order valence-electron chi connectivity index (χ0n) is 18.7. The van der Waals surface area contributed by atoms with E-state index >= 15 is 0 Å². The van der Waals surface area contributed by atoms with Crippen molar-refractivity contribution in [2.45, 2.75) is 26.4 Å². The van der Waals surface area contributed by atoms with Gasteiger partial charge in [-0.05, 0) is 31.5 Å². The quantitative estimate of drug-likeness (QED) is 0.679. The summed E-state index contributed by atoms with van der Waals surface area (Å²) >= 11 is 6.55. The van der Waals surface area contributed by atoms with Crippen LogP contribution in [0, 0.1) is 6.92 Å². The predicted molar refractivity (Wildman–Crippen MR) is 122 cm³/mol. The van der Waals surface area contributed by atoms with Gasteiger partial charge in [-0.2, -0.15) is 0 Å². The van der Waals surface area contributed by atoms with Gasteiger partial charge < -0.3 is 24.0 Å². The Morgan fingerprint density at radius 1 is 1.22 bits per heavy atom. The summed E-state index contributed by atoms with van der Waals surface area (Å²) in [7, 11) is 1.58. The number of aryl methyl sites for hydroxylation is 1. The highest BCUT2D eigenvalue weighted by atomic mass is 35.5. The summed E-state index contributed by atoms with van der Waals surface area (Å²) in [5, 5.41) is 11.4. The maximum Gasteiger partial charge on any atom is 0.409 e. The third-order valence-electron chi connectivity index (χ3n) is 5.72. The smallest absolute Gasteiger partial charge is 0.409 e. The second kappa shape index (κ2) is 10.8. The molecule has 2 aromatic rings.